The van der Waals surface area contributed by atoms with Crippen molar-refractivity contribution in [2.45, 2.75) is 20.0 Å². The van der Waals surface area contributed by atoms with Gasteiger partial charge in [-0.3, -0.25) is 0 Å². The third kappa shape index (κ3) is 5.96. The molecule has 0 heterocycles. The first kappa shape index (κ1) is 13.6. The Hall–Kier alpha value is -1.50. The highest BCUT2D eigenvalue weighted by atomic mass is 16.5. The number of hydrogen-bond donors (Lipinski definition) is 1. The van der Waals surface area contributed by atoms with Crippen molar-refractivity contribution in [3.05, 3.63) is 29.8 Å². The summed E-state index contributed by atoms with van der Waals surface area (Å²) in [6.45, 7) is 4.95. The SMILES string of the molecule is CC(C)OCCOc1cccc(C#CCO)c1. The highest BCUT2D eigenvalue weighted by Gasteiger charge is 1.96. The predicted octanol–water partition coefficient (Wildman–Crippen LogP) is 1.83. The molecule has 0 radical (unpaired) electrons. The Morgan fingerprint density at radius 1 is 1.29 bits per heavy atom. The van der Waals surface area contributed by atoms with E-state index in [9.17, 15) is 0 Å². The third-order valence-electron chi connectivity index (χ3n) is 1.95. The van der Waals surface area contributed by atoms with Crippen molar-refractivity contribution in [3.8, 4) is 17.6 Å². The minimum absolute atomic E-state index is 0.132. The average molecular weight is 234 g/mol. The van der Waals surface area contributed by atoms with Crippen LogP contribution < -0.4 is 4.74 Å². The van der Waals surface area contributed by atoms with Crippen LogP contribution in [0.5, 0.6) is 5.75 Å². The van der Waals surface area contributed by atoms with Crippen molar-refractivity contribution in [1.29, 1.82) is 0 Å². The van der Waals surface area contributed by atoms with Gasteiger partial charge in [-0.15, -0.1) is 0 Å². The third-order valence-corrected chi connectivity index (χ3v) is 1.95. The molecule has 0 aliphatic heterocycles. The molecule has 1 rings (SSSR count). The quantitative estimate of drug-likeness (QED) is 0.624. The van der Waals surface area contributed by atoms with E-state index in [4.69, 9.17) is 14.6 Å². The van der Waals surface area contributed by atoms with Crippen LogP contribution >= 0.6 is 0 Å². The Kier molecular flexibility index (Phi) is 6.16. The van der Waals surface area contributed by atoms with Crippen molar-refractivity contribution in [2.75, 3.05) is 19.8 Å². The van der Waals surface area contributed by atoms with Gasteiger partial charge in [-0.05, 0) is 32.0 Å². The zero-order valence-electron chi connectivity index (χ0n) is 10.3. The molecule has 92 valence electrons. The number of aliphatic hydroxyl groups excluding tert-OH is 1. The van der Waals surface area contributed by atoms with Crippen LogP contribution in [-0.2, 0) is 4.74 Å². The van der Waals surface area contributed by atoms with Crippen LogP contribution in [0.15, 0.2) is 24.3 Å². The van der Waals surface area contributed by atoms with E-state index in [0.717, 1.165) is 11.3 Å². The fourth-order valence-corrected chi connectivity index (χ4v) is 1.25. The smallest absolute Gasteiger partial charge is 0.120 e. The fraction of sp³-hybridized carbons (Fsp3) is 0.429. The van der Waals surface area contributed by atoms with Crippen molar-refractivity contribution in [2.24, 2.45) is 0 Å². The maximum atomic E-state index is 8.60. The van der Waals surface area contributed by atoms with Crippen LogP contribution in [0.25, 0.3) is 0 Å². The van der Waals surface area contributed by atoms with E-state index < -0.39 is 0 Å². The predicted molar refractivity (Wildman–Crippen MR) is 67.0 cm³/mol. The zero-order valence-corrected chi connectivity index (χ0v) is 10.3. The molecule has 0 saturated carbocycles. The monoisotopic (exact) mass is 234 g/mol. The van der Waals surface area contributed by atoms with Gasteiger partial charge in [0, 0.05) is 5.56 Å². The van der Waals surface area contributed by atoms with E-state index in [-0.39, 0.29) is 12.7 Å². The van der Waals surface area contributed by atoms with E-state index >= 15 is 0 Å². The molecule has 0 atom stereocenters. The van der Waals surface area contributed by atoms with E-state index in [1.54, 1.807) is 0 Å². The second-order valence-electron chi connectivity index (χ2n) is 3.76. The fourth-order valence-electron chi connectivity index (χ4n) is 1.25. The number of ether oxygens (including phenoxy) is 2. The minimum atomic E-state index is -0.132. The lowest BCUT2D eigenvalue weighted by Crippen LogP contribution is -2.11. The second-order valence-corrected chi connectivity index (χ2v) is 3.76. The summed E-state index contributed by atoms with van der Waals surface area (Å²) >= 11 is 0. The molecule has 0 aliphatic carbocycles. The molecule has 1 aromatic carbocycles. The van der Waals surface area contributed by atoms with E-state index in [0.29, 0.717) is 13.2 Å². The van der Waals surface area contributed by atoms with E-state index in [2.05, 4.69) is 11.8 Å². The molecule has 1 N–H and O–H groups in total. The summed E-state index contributed by atoms with van der Waals surface area (Å²) in [5, 5.41) is 8.60. The Balaban J connectivity index is 2.43. The standard InChI is InChI=1S/C14H18O3/c1-12(2)16-9-10-17-14-7-3-5-13(11-14)6-4-8-15/h3,5,7,11-12,15H,8-10H2,1-2H3. The van der Waals surface area contributed by atoms with Gasteiger partial charge in [0.05, 0.1) is 12.7 Å². The van der Waals surface area contributed by atoms with Crippen LogP contribution in [0.2, 0.25) is 0 Å². The van der Waals surface area contributed by atoms with Crippen LogP contribution in [0, 0.1) is 11.8 Å². The number of hydrogen-bond acceptors (Lipinski definition) is 3. The molecule has 0 saturated heterocycles. The Bertz CT molecular complexity index is 388. The molecule has 0 unspecified atom stereocenters. The molecule has 0 amide bonds. The molecule has 0 aromatic heterocycles. The lowest BCUT2D eigenvalue weighted by molar-refractivity contribution is 0.0552. The Labute approximate surface area is 102 Å². The molecular weight excluding hydrogens is 216 g/mol. The van der Waals surface area contributed by atoms with E-state index in [1.807, 2.05) is 38.1 Å². The van der Waals surface area contributed by atoms with Crippen LogP contribution in [0.3, 0.4) is 0 Å². The maximum absolute atomic E-state index is 8.60. The van der Waals surface area contributed by atoms with E-state index in [1.165, 1.54) is 0 Å². The molecule has 3 nitrogen and oxygen atoms in total. The second kappa shape index (κ2) is 7.72. The molecule has 0 bridgehead atoms. The highest BCUT2D eigenvalue weighted by Crippen LogP contribution is 2.12. The lowest BCUT2D eigenvalue weighted by Gasteiger charge is -2.09. The minimum Gasteiger partial charge on any atom is -0.491 e. The number of benzene rings is 1. The van der Waals surface area contributed by atoms with Crippen molar-refractivity contribution >= 4 is 0 Å². The highest BCUT2D eigenvalue weighted by molar-refractivity contribution is 5.39. The summed E-state index contributed by atoms with van der Waals surface area (Å²) < 4.78 is 10.9. The summed E-state index contributed by atoms with van der Waals surface area (Å²) in [4.78, 5) is 0. The van der Waals surface area contributed by atoms with Crippen molar-refractivity contribution < 1.29 is 14.6 Å². The van der Waals surface area contributed by atoms with Gasteiger partial charge in [0.25, 0.3) is 0 Å². The molecule has 1 aromatic rings. The summed E-state index contributed by atoms with van der Waals surface area (Å²) in [5.74, 6) is 6.20. The summed E-state index contributed by atoms with van der Waals surface area (Å²) in [6.07, 6.45) is 0.223. The summed E-state index contributed by atoms with van der Waals surface area (Å²) in [6, 6.07) is 7.47. The first-order valence-electron chi connectivity index (χ1n) is 5.66. The number of rotatable bonds is 5. The molecule has 0 fully saturated rings. The van der Waals surface area contributed by atoms with Crippen molar-refractivity contribution in [3.63, 3.8) is 0 Å². The molecular formula is C14H18O3. The van der Waals surface area contributed by atoms with Crippen LogP contribution in [0.1, 0.15) is 19.4 Å². The summed E-state index contributed by atoms with van der Waals surface area (Å²) in [5.41, 5.74) is 0.835. The first-order valence-corrected chi connectivity index (χ1v) is 5.66. The van der Waals surface area contributed by atoms with Crippen LogP contribution in [0.4, 0.5) is 0 Å². The Morgan fingerprint density at radius 3 is 2.82 bits per heavy atom. The lowest BCUT2D eigenvalue weighted by atomic mass is 10.2. The average Bonchev–Trinajstić information content (AvgIpc) is 2.32. The van der Waals surface area contributed by atoms with Gasteiger partial charge in [-0.25, -0.2) is 0 Å². The van der Waals surface area contributed by atoms with Gasteiger partial charge in [0.2, 0.25) is 0 Å². The topological polar surface area (TPSA) is 38.7 Å². The molecule has 17 heavy (non-hydrogen) atoms. The largest absolute Gasteiger partial charge is 0.491 e. The number of aliphatic hydroxyl groups is 1. The van der Waals surface area contributed by atoms with Crippen LogP contribution in [-0.4, -0.2) is 31.0 Å². The molecule has 3 heteroatoms. The zero-order chi connectivity index (χ0) is 12.5. The van der Waals surface area contributed by atoms with Gasteiger partial charge in [0.1, 0.15) is 19.0 Å². The van der Waals surface area contributed by atoms with Gasteiger partial charge >= 0.3 is 0 Å². The Morgan fingerprint density at radius 2 is 2.12 bits per heavy atom. The summed E-state index contributed by atoms with van der Waals surface area (Å²) in [7, 11) is 0. The van der Waals surface area contributed by atoms with Crippen molar-refractivity contribution in [1.82, 2.24) is 0 Å². The molecule has 0 spiro atoms. The van der Waals surface area contributed by atoms with Gasteiger partial charge in [-0.1, -0.05) is 17.9 Å². The van der Waals surface area contributed by atoms with Gasteiger partial charge in [0.15, 0.2) is 0 Å². The first-order chi connectivity index (χ1) is 8.22. The maximum Gasteiger partial charge on any atom is 0.120 e. The molecule has 0 aliphatic rings. The normalized spacial score (nSPS) is 9.88. The van der Waals surface area contributed by atoms with Gasteiger partial charge < -0.3 is 14.6 Å². The van der Waals surface area contributed by atoms with Gasteiger partial charge in [-0.2, -0.15) is 0 Å².